The van der Waals surface area contributed by atoms with Crippen molar-refractivity contribution in [2.24, 2.45) is 0 Å². The minimum atomic E-state index is -0.113. The molecule has 1 aromatic carbocycles. The number of benzene rings is 1. The van der Waals surface area contributed by atoms with Crippen molar-refractivity contribution in [3.05, 3.63) is 24.3 Å². The van der Waals surface area contributed by atoms with Gasteiger partial charge in [0.1, 0.15) is 18.1 Å². The van der Waals surface area contributed by atoms with Gasteiger partial charge in [-0.15, -0.1) is 0 Å². The number of likely N-dealkylation sites (N-methyl/N-ethyl adjacent to an activating group) is 1. The van der Waals surface area contributed by atoms with Crippen LogP contribution in [0.15, 0.2) is 24.3 Å². The highest BCUT2D eigenvalue weighted by atomic mass is 79.9. The number of amides is 1. The van der Waals surface area contributed by atoms with Crippen LogP contribution >= 0.6 is 15.9 Å². The monoisotopic (exact) mass is 329 g/mol. The van der Waals surface area contributed by atoms with Crippen LogP contribution in [0, 0.1) is 0 Å². The molecule has 1 unspecified atom stereocenters. The Hall–Kier alpha value is -1.23. The third-order valence-corrected chi connectivity index (χ3v) is 3.80. The number of ether oxygens (including phenoxy) is 2. The molecule has 0 bridgehead atoms. The molecule has 0 aliphatic carbocycles. The second-order valence-electron chi connectivity index (χ2n) is 4.16. The summed E-state index contributed by atoms with van der Waals surface area (Å²) >= 11 is 3.35. The highest BCUT2D eigenvalue weighted by molar-refractivity contribution is 9.10. The Bertz CT molecular complexity index is 394. The minimum absolute atomic E-state index is 0.0841. The molecule has 5 heteroatoms. The summed E-state index contributed by atoms with van der Waals surface area (Å²) in [4.78, 5) is 13.4. The molecular weight excluding hydrogens is 310 g/mol. The van der Waals surface area contributed by atoms with Crippen LogP contribution in [-0.4, -0.2) is 42.9 Å². The van der Waals surface area contributed by atoms with Gasteiger partial charge in [-0.05, 0) is 30.7 Å². The Morgan fingerprint density at radius 1 is 1.32 bits per heavy atom. The molecule has 0 aliphatic rings. The molecule has 0 spiro atoms. The van der Waals surface area contributed by atoms with Crippen LogP contribution in [0.25, 0.3) is 0 Å². The zero-order valence-electron chi connectivity index (χ0n) is 11.6. The third kappa shape index (κ3) is 5.11. The molecule has 0 saturated heterocycles. The van der Waals surface area contributed by atoms with Gasteiger partial charge >= 0.3 is 0 Å². The van der Waals surface area contributed by atoms with E-state index in [1.165, 1.54) is 0 Å². The lowest BCUT2D eigenvalue weighted by molar-refractivity contribution is -0.129. The Kier molecular flexibility index (Phi) is 6.70. The van der Waals surface area contributed by atoms with Crippen molar-refractivity contribution < 1.29 is 14.3 Å². The van der Waals surface area contributed by atoms with Crippen LogP contribution < -0.4 is 9.47 Å². The van der Waals surface area contributed by atoms with Gasteiger partial charge in [0.25, 0.3) is 0 Å². The van der Waals surface area contributed by atoms with Crippen molar-refractivity contribution >= 4 is 21.8 Å². The van der Waals surface area contributed by atoms with E-state index in [4.69, 9.17) is 9.47 Å². The van der Waals surface area contributed by atoms with E-state index in [1.54, 1.807) is 19.1 Å². The molecule has 106 valence electrons. The first kappa shape index (κ1) is 15.8. The standard InChI is InChI=1S/C14H20BrNO3/c1-4-13(15)14(17)16(2)9-10-19-12-7-5-11(18-3)6-8-12/h5-8,13H,4,9-10H2,1-3H3. The molecule has 0 radical (unpaired) electrons. The van der Waals surface area contributed by atoms with Crippen LogP contribution in [0.5, 0.6) is 11.5 Å². The van der Waals surface area contributed by atoms with Crippen molar-refractivity contribution in [1.29, 1.82) is 0 Å². The van der Waals surface area contributed by atoms with Gasteiger partial charge in [-0.3, -0.25) is 4.79 Å². The van der Waals surface area contributed by atoms with Crippen molar-refractivity contribution in [1.82, 2.24) is 4.90 Å². The third-order valence-electron chi connectivity index (χ3n) is 2.76. The lowest BCUT2D eigenvalue weighted by Gasteiger charge is -2.19. The van der Waals surface area contributed by atoms with Gasteiger partial charge < -0.3 is 14.4 Å². The quantitative estimate of drug-likeness (QED) is 0.722. The molecule has 19 heavy (non-hydrogen) atoms. The first-order chi connectivity index (χ1) is 9.08. The van der Waals surface area contributed by atoms with E-state index in [0.29, 0.717) is 13.2 Å². The van der Waals surface area contributed by atoms with Crippen molar-refractivity contribution in [2.45, 2.75) is 18.2 Å². The lowest BCUT2D eigenvalue weighted by Crippen LogP contribution is -2.35. The smallest absolute Gasteiger partial charge is 0.236 e. The van der Waals surface area contributed by atoms with E-state index >= 15 is 0 Å². The maximum absolute atomic E-state index is 11.8. The number of carbonyl (C=O) groups excluding carboxylic acids is 1. The van der Waals surface area contributed by atoms with Crippen molar-refractivity contribution in [3.63, 3.8) is 0 Å². The second kappa shape index (κ2) is 8.04. The molecule has 1 amide bonds. The van der Waals surface area contributed by atoms with E-state index in [1.807, 2.05) is 31.2 Å². The predicted octanol–water partition coefficient (Wildman–Crippen LogP) is 2.71. The molecule has 0 saturated carbocycles. The van der Waals surface area contributed by atoms with Gasteiger partial charge in [0.05, 0.1) is 18.5 Å². The summed E-state index contributed by atoms with van der Waals surface area (Å²) in [6.07, 6.45) is 0.780. The summed E-state index contributed by atoms with van der Waals surface area (Å²) in [6, 6.07) is 7.38. The topological polar surface area (TPSA) is 38.8 Å². The van der Waals surface area contributed by atoms with Crippen LogP contribution in [0.1, 0.15) is 13.3 Å². The van der Waals surface area contributed by atoms with Gasteiger partial charge in [0.2, 0.25) is 5.91 Å². The lowest BCUT2D eigenvalue weighted by atomic mass is 10.3. The molecule has 0 fully saturated rings. The van der Waals surface area contributed by atoms with Crippen LogP contribution in [0.4, 0.5) is 0 Å². The maximum atomic E-state index is 11.8. The second-order valence-corrected chi connectivity index (χ2v) is 5.26. The first-order valence-electron chi connectivity index (χ1n) is 6.24. The van der Waals surface area contributed by atoms with Gasteiger partial charge in [-0.1, -0.05) is 22.9 Å². The Balaban J connectivity index is 2.35. The van der Waals surface area contributed by atoms with E-state index in [9.17, 15) is 4.79 Å². The number of hydrogen-bond acceptors (Lipinski definition) is 3. The van der Waals surface area contributed by atoms with Crippen LogP contribution in [0.2, 0.25) is 0 Å². The van der Waals surface area contributed by atoms with Gasteiger partial charge in [0, 0.05) is 7.05 Å². The molecule has 0 aromatic heterocycles. The molecule has 0 N–H and O–H groups in total. The summed E-state index contributed by atoms with van der Waals surface area (Å²) in [5, 5.41) is 0. The summed E-state index contributed by atoms with van der Waals surface area (Å²) in [6.45, 7) is 3.00. The molecule has 4 nitrogen and oxygen atoms in total. The fraction of sp³-hybridized carbons (Fsp3) is 0.500. The molecule has 1 rings (SSSR count). The largest absolute Gasteiger partial charge is 0.497 e. The highest BCUT2D eigenvalue weighted by Gasteiger charge is 2.16. The van der Waals surface area contributed by atoms with Crippen LogP contribution in [0.3, 0.4) is 0 Å². The Labute approximate surface area is 122 Å². The van der Waals surface area contributed by atoms with Crippen molar-refractivity contribution in [3.8, 4) is 11.5 Å². The Morgan fingerprint density at radius 2 is 1.89 bits per heavy atom. The fourth-order valence-electron chi connectivity index (χ4n) is 1.50. The number of carbonyl (C=O) groups is 1. The predicted molar refractivity (Wildman–Crippen MR) is 79.1 cm³/mol. The Morgan fingerprint density at radius 3 is 2.42 bits per heavy atom. The molecule has 1 aromatic rings. The van der Waals surface area contributed by atoms with E-state index in [0.717, 1.165) is 17.9 Å². The number of methoxy groups -OCH3 is 1. The van der Waals surface area contributed by atoms with Crippen molar-refractivity contribution in [2.75, 3.05) is 27.3 Å². The number of rotatable bonds is 7. The van der Waals surface area contributed by atoms with Gasteiger partial charge in [0.15, 0.2) is 0 Å². The van der Waals surface area contributed by atoms with E-state index < -0.39 is 0 Å². The normalized spacial score (nSPS) is 11.8. The van der Waals surface area contributed by atoms with Gasteiger partial charge in [-0.25, -0.2) is 0 Å². The summed E-state index contributed by atoms with van der Waals surface area (Å²) in [5.74, 6) is 1.65. The highest BCUT2D eigenvalue weighted by Crippen LogP contribution is 2.17. The molecule has 0 aliphatic heterocycles. The first-order valence-corrected chi connectivity index (χ1v) is 7.16. The average molecular weight is 330 g/mol. The minimum Gasteiger partial charge on any atom is -0.497 e. The maximum Gasteiger partial charge on any atom is 0.236 e. The number of nitrogens with zero attached hydrogens (tertiary/aromatic N) is 1. The fourth-order valence-corrected chi connectivity index (χ4v) is 1.85. The number of halogens is 1. The van der Waals surface area contributed by atoms with E-state index in [-0.39, 0.29) is 10.7 Å². The number of hydrogen-bond donors (Lipinski definition) is 0. The summed E-state index contributed by atoms with van der Waals surface area (Å²) in [5.41, 5.74) is 0. The zero-order valence-corrected chi connectivity index (χ0v) is 13.1. The molecule has 1 atom stereocenters. The molecule has 0 heterocycles. The number of alkyl halides is 1. The SMILES string of the molecule is CCC(Br)C(=O)N(C)CCOc1ccc(OC)cc1. The van der Waals surface area contributed by atoms with E-state index in [2.05, 4.69) is 15.9 Å². The van der Waals surface area contributed by atoms with Gasteiger partial charge in [-0.2, -0.15) is 0 Å². The summed E-state index contributed by atoms with van der Waals surface area (Å²) < 4.78 is 10.6. The molecular formula is C14H20BrNO3. The van der Waals surface area contributed by atoms with Crippen LogP contribution in [-0.2, 0) is 4.79 Å². The summed E-state index contributed by atoms with van der Waals surface area (Å²) in [7, 11) is 3.41. The average Bonchev–Trinajstić information content (AvgIpc) is 2.46. The zero-order chi connectivity index (χ0) is 14.3.